The molecule has 4 nitrogen and oxygen atoms in total. The molecule has 0 saturated carbocycles. The van der Waals surface area contributed by atoms with E-state index in [2.05, 4.69) is 4.90 Å². The largest absolute Gasteiger partial charge is 0.401 e. The molecule has 0 amide bonds. The summed E-state index contributed by atoms with van der Waals surface area (Å²) >= 11 is 0. The van der Waals surface area contributed by atoms with Gasteiger partial charge in [-0.2, -0.15) is 13.2 Å². The van der Waals surface area contributed by atoms with Gasteiger partial charge in [-0.3, -0.25) is 9.80 Å². The molecule has 114 valence electrons. The van der Waals surface area contributed by atoms with Gasteiger partial charge in [0.15, 0.2) is 0 Å². The molecule has 0 spiro atoms. The van der Waals surface area contributed by atoms with Crippen molar-refractivity contribution in [1.29, 1.82) is 0 Å². The molecule has 1 saturated heterocycles. The first-order chi connectivity index (χ1) is 8.63. The van der Waals surface area contributed by atoms with Gasteiger partial charge >= 0.3 is 6.18 Å². The summed E-state index contributed by atoms with van der Waals surface area (Å²) in [6, 6.07) is 0.162. The fourth-order valence-electron chi connectivity index (χ4n) is 2.48. The van der Waals surface area contributed by atoms with E-state index in [-0.39, 0.29) is 12.6 Å². The SMILES string of the molecule is CC(CC(C)(N)CO)N1CCN(CC(F)(F)F)CC1. The number of piperazine rings is 1. The minimum Gasteiger partial charge on any atom is -0.394 e. The van der Waals surface area contributed by atoms with Crippen molar-refractivity contribution < 1.29 is 18.3 Å². The Morgan fingerprint density at radius 2 is 1.74 bits per heavy atom. The number of nitrogens with two attached hydrogens (primary N) is 1. The highest BCUT2D eigenvalue weighted by Crippen LogP contribution is 2.19. The fourth-order valence-corrected chi connectivity index (χ4v) is 2.48. The molecule has 0 bridgehead atoms. The number of hydrogen-bond acceptors (Lipinski definition) is 4. The lowest BCUT2D eigenvalue weighted by Gasteiger charge is -2.40. The van der Waals surface area contributed by atoms with Crippen molar-refractivity contribution in [1.82, 2.24) is 9.80 Å². The van der Waals surface area contributed by atoms with Crippen LogP contribution in [0, 0.1) is 0 Å². The van der Waals surface area contributed by atoms with Crippen LogP contribution in [0.25, 0.3) is 0 Å². The van der Waals surface area contributed by atoms with Gasteiger partial charge in [-0.15, -0.1) is 0 Å². The molecule has 0 aliphatic carbocycles. The minimum atomic E-state index is -4.12. The Kier molecular flexibility index (Phi) is 5.61. The van der Waals surface area contributed by atoms with Crippen LogP contribution in [-0.4, -0.2) is 72.0 Å². The van der Waals surface area contributed by atoms with Crippen molar-refractivity contribution in [2.45, 2.75) is 38.0 Å². The van der Waals surface area contributed by atoms with Crippen LogP contribution in [-0.2, 0) is 0 Å². The molecule has 2 atom stereocenters. The zero-order valence-corrected chi connectivity index (χ0v) is 11.6. The monoisotopic (exact) mass is 283 g/mol. The van der Waals surface area contributed by atoms with Gasteiger partial charge in [0.25, 0.3) is 0 Å². The van der Waals surface area contributed by atoms with E-state index in [0.717, 1.165) is 0 Å². The Bertz CT molecular complexity index is 276. The Labute approximate surface area is 112 Å². The first kappa shape index (κ1) is 16.7. The second-order valence-corrected chi connectivity index (χ2v) is 5.79. The van der Waals surface area contributed by atoms with Crippen molar-refractivity contribution in [3.63, 3.8) is 0 Å². The van der Waals surface area contributed by atoms with Gasteiger partial charge in [-0.25, -0.2) is 0 Å². The highest BCUT2D eigenvalue weighted by atomic mass is 19.4. The molecule has 1 aliphatic heterocycles. The third kappa shape index (κ3) is 6.07. The quantitative estimate of drug-likeness (QED) is 0.778. The van der Waals surface area contributed by atoms with E-state index in [4.69, 9.17) is 10.8 Å². The number of halogens is 3. The number of nitrogens with zero attached hydrogens (tertiary/aromatic N) is 2. The summed E-state index contributed by atoms with van der Waals surface area (Å²) in [5, 5.41) is 9.13. The van der Waals surface area contributed by atoms with Crippen LogP contribution in [0.1, 0.15) is 20.3 Å². The van der Waals surface area contributed by atoms with Gasteiger partial charge in [0.05, 0.1) is 13.2 Å². The zero-order chi connectivity index (χ0) is 14.7. The van der Waals surface area contributed by atoms with Gasteiger partial charge in [0, 0.05) is 37.8 Å². The predicted octanol–water partition coefficient (Wildman–Crippen LogP) is 0.655. The molecule has 1 heterocycles. The lowest BCUT2D eigenvalue weighted by molar-refractivity contribution is -0.149. The Balaban J connectivity index is 2.37. The topological polar surface area (TPSA) is 52.7 Å². The summed E-state index contributed by atoms with van der Waals surface area (Å²) in [7, 11) is 0. The molecule has 19 heavy (non-hydrogen) atoms. The van der Waals surface area contributed by atoms with Crippen molar-refractivity contribution in [3.8, 4) is 0 Å². The first-order valence-corrected chi connectivity index (χ1v) is 6.56. The van der Waals surface area contributed by atoms with Gasteiger partial charge in [-0.1, -0.05) is 0 Å². The van der Waals surface area contributed by atoms with Gasteiger partial charge in [0.1, 0.15) is 0 Å². The highest BCUT2D eigenvalue weighted by molar-refractivity contribution is 4.85. The van der Waals surface area contributed by atoms with E-state index >= 15 is 0 Å². The molecule has 3 N–H and O–H groups in total. The molecule has 2 unspecified atom stereocenters. The van der Waals surface area contributed by atoms with Crippen LogP contribution < -0.4 is 5.73 Å². The molecule has 7 heteroatoms. The smallest absolute Gasteiger partial charge is 0.394 e. The van der Waals surface area contributed by atoms with Crippen molar-refractivity contribution in [3.05, 3.63) is 0 Å². The van der Waals surface area contributed by atoms with E-state index in [0.29, 0.717) is 32.6 Å². The number of alkyl halides is 3. The summed E-state index contributed by atoms with van der Waals surface area (Å²) in [6.45, 7) is 4.92. The van der Waals surface area contributed by atoms with Crippen LogP contribution in [0.3, 0.4) is 0 Å². The maximum atomic E-state index is 12.3. The van der Waals surface area contributed by atoms with E-state index in [9.17, 15) is 13.2 Å². The highest BCUT2D eigenvalue weighted by Gasteiger charge is 2.33. The predicted molar refractivity (Wildman–Crippen MR) is 67.8 cm³/mol. The maximum Gasteiger partial charge on any atom is 0.401 e. The van der Waals surface area contributed by atoms with Crippen LogP contribution in [0.5, 0.6) is 0 Å². The lowest BCUT2D eigenvalue weighted by atomic mass is 9.95. The summed E-state index contributed by atoms with van der Waals surface area (Å²) in [5.41, 5.74) is 5.26. The summed E-state index contributed by atoms with van der Waals surface area (Å²) in [6.07, 6.45) is -3.50. The number of aliphatic hydroxyl groups excluding tert-OH is 1. The fraction of sp³-hybridized carbons (Fsp3) is 1.00. The zero-order valence-electron chi connectivity index (χ0n) is 11.6. The van der Waals surface area contributed by atoms with Crippen LogP contribution in [0.15, 0.2) is 0 Å². The van der Waals surface area contributed by atoms with E-state index in [1.165, 1.54) is 4.90 Å². The second-order valence-electron chi connectivity index (χ2n) is 5.79. The normalized spacial score (nSPS) is 24.2. The van der Waals surface area contributed by atoms with Crippen LogP contribution in [0.4, 0.5) is 13.2 Å². The Morgan fingerprint density at radius 3 is 2.16 bits per heavy atom. The third-order valence-electron chi connectivity index (χ3n) is 3.56. The van der Waals surface area contributed by atoms with Crippen molar-refractivity contribution >= 4 is 0 Å². The molecule has 0 aromatic heterocycles. The van der Waals surface area contributed by atoms with Crippen LogP contribution in [0.2, 0.25) is 0 Å². The molecule has 1 rings (SSSR count). The molecule has 0 aromatic carbocycles. The summed E-state index contributed by atoms with van der Waals surface area (Å²) in [5.74, 6) is 0. The van der Waals surface area contributed by atoms with E-state index in [1.807, 2.05) is 6.92 Å². The maximum absolute atomic E-state index is 12.3. The molecular weight excluding hydrogens is 259 g/mol. The third-order valence-corrected chi connectivity index (χ3v) is 3.56. The second kappa shape index (κ2) is 6.39. The summed E-state index contributed by atoms with van der Waals surface area (Å²) < 4.78 is 36.8. The van der Waals surface area contributed by atoms with Crippen molar-refractivity contribution in [2.75, 3.05) is 39.3 Å². The molecule has 1 aliphatic rings. The van der Waals surface area contributed by atoms with E-state index < -0.39 is 18.3 Å². The molecule has 0 radical (unpaired) electrons. The Morgan fingerprint density at radius 1 is 1.21 bits per heavy atom. The number of hydrogen-bond donors (Lipinski definition) is 2. The van der Waals surface area contributed by atoms with Crippen LogP contribution >= 0.6 is 0 Å². The van der Waals surface area contributed by atoms with Crippen molar-refractivity contribution in [2.24, 2.45) is 5.73 Å². The number of rotatable bonds is 5. The van der Waals surface area contributed by atoms with Gasteiger partial charge in [0.2, 0.25) is 0 Å². The number of aliphatic hydroxyl groups is 1. The average Bonchev–Trinajstić information content (AvgIpc) is 2.27. The molecule has 1 fully saturated rings. The standard InChI is InChI=1S/C12H24F3N3O/c1-10(7-11(2,16)9-19)18-5-3-17(4-6-18)8-12(13,14)15/h10,19H,3-9,16H2,1-2H3. The average molecular weight is 283 g/mol. The summed E-state index contributed by atoms with van der Waals surface area (Å²) in [4.78, 5) is 3.56. The van der Waals surface area contributed by atoms with Gasteiger partial charge in [-0.05, 0) is 20.3 Å². The molecule has 0 aromatic rings. The molecular formula is C12H24F3N3O. The lowest BCUT2D eigenvalue weighted by Crippen LogP contribution is -2.54. The van der Waals surface area contributed by atoms with E-state index in [1.54, 1.807) is 6.92 Å². The van der Waals surface area contributed by atoms with Gasteiger partial charge < -0.3 is 10.8 Å². The first-order valence-electron chi connectivity index (χ1n) is 6.56. The Hall–Kier alpha value is -0.370. The minimum absolute atomic E-state index is 0.0919.